The van der Waals surface area contributed by atoms with Crippen LogP contribution in [0.3, 0.4) is 0 Å². The molecule has 0 fully saturated rings. The molecule has 0 aliphatic rings. The molecule has 0 bridgehead atoms. The van der Waals surface area contributed by atoms with Crippen molar-refractivity contribution in [2.75, 3.05) is 27.2 Å². The maximum atomic E-state index is 13.5. The Labute approximate surface area is 200 Å². The van der Waals surface area contributed by atoms with Crippen LogP contribution in [-0.4, -0.2) is 57.2 Å². The SMILES string of the molecule is Cc1nc2scc(CC(=O)NCCN(C)C)n2c(=O)c1-c1cc(C)n(-c2cccc(Cl)c2)n1. The summed E-state index contributed by atoms with van der Waals surface area (Å²) in [6, 6.07) is 9.24. The van der Waals surface area contributed by atoms with E-state index in [0.717, 1.165) is 17.9 Å². The summed E-state index contributed by atoms with van der Waals surface area (Å²) in [6.45, 7) is 5.02. The van der Waals surface area contributed by atoms with Gasteiger partial charge in [-0.1, -0.05) is 17.7 Å². The quantitative estimate of drug-likeness (QED) is 0.435. The molecule has 172 valence electrons. The summed E-state index contributed by atoms with van der Waals surface area (Å²) < 4.78 is 3.27. The molecular weight excluding hydrogens is 460 g/mol. The monoisotopic (exact) mass is 484 g/mol. The minimum absolute atomic E-state index is 0.105. The number of rotatable bonds is 7. The molecule has 0 unspecified atom stereocenters. The number of amides is 1. The molecule has 4 rings (SSSR count). The summed E-state index contributed by atoms with van der Waals surface area (Å²) in [5.74, 6) is -0.133. The van der Waals surface area contributed by atoms with Crippen molar-refractivity contribution in [1.82, 2.24) is 29.4 Å². The second-order valence-electron chi connectivity index (χ2n) is 8.12. The highest BCUT2D eigenvalue weighted by Gasteiger charge is 2.20. The standard InChI is InChI=1S/C23H25ClN6O2S/c1-14-10-19(27-30(14)17-7-5-6-16(24)11-17)21-15(2)26-23-29(22(21)32)18(13-33-23)12-20(31)25-8-9-28(3)4/h5-7,10-11,13H,8-9,12H2,1-4H3,(H,25,31). The van der Waals surface area contributed by atoms with Crippen molar-refractivity contribution < 1.29 is 4.79 Å². The Morgan fingerprint density at radius 1 is 1.24 bits per heavy atom. The van der Waals surface area contributed by atoms with Crippen molar-refractivity contribution in [2.24, 2.45) is 0 Å². The average molecular weight is 485 g/mol. The molecule has 0 saturated heterocycles. The summed E-state index contributed by atoms with van der Waals surface area (Å²) in [4.78, 5) is 33.1. The van der Waals surface area contributed by atoms with E-state index < -0.39 is 0 Å². The largest absolute Gasteiger partial charge is 0.354 e. The highest BCUT2D eigenvalue weighted by atomic mass is 35.5. The highest BCUT2D eigenvalue weighted by molar-refractivity contribution is 7.15. The van der Waals surface area contributed by atoms with E-state index in [1.807, 2.05) is 55.6 Å². The molecule has 0 radical (unpaired) electrons. The molecule has 4 aromatic rings. The van der Waals surface area contributed by atoms with Gasteiger partial charge in [0, 0.05) is 34.9 Å². The molecule has 0 saturated carbocycles. The highest BCUT2D eigenvalue weighted by Crippen LogP contribution is 2.24. The van der Waals surface area contributed by atoms with Gasteiger partial charge in [0.25, 0.3) is 5.56 Å². The predicted octanol–water partition coefficient (Wildman–Crippen LogP) is 3.10. The molecule has 3 heterocycles. The minimum atomic E-state index is -0.231. The molecule has 1 N–H and O–H groups in total. The molecule has 1 aromatic carbocycles. The van der Waals surface area contributed by atoms with Gasteiger partial charge in [0.15, 0.2) is 4.96 Å². The maximum absolute atomic E-state index is 13.5. The van der Waals surface area contributed by atoms with Gasteiger partial charge in [-0.05, 0) is 52.2 Å². The Morgan fingerprint density at radius 2 is 2.03 bits per heavy atom. The van der Waals surface area contributed by atoms with Gasteiger partial charge in [0.1, 0.15) is 5.69 Å². The van der Waals surface area contributed by atoms with Crippen LogP contribution in [0.1, 0.15) is 17.1 Å². The number of hydrogen-bond donors (Lipinski definition) is 1. The van der Waals surface area contributed by atoms with E-state index in [2.05, 4.69) is 15.4 Å². The van der Waals surface area contributed by atoms with E-state index >= 15 is 0 Å². The van der Waals surface area contributed by atoms with Gasteiger partial charge in [-0.15, -0.1) is 11.3 Å². The zero-order valence-corrected chi connectivity index (χ0v) is 20.5. The third-order valence-electron chi connectivity index (χ3n) is 5.24. The third kappa shape index (κ3) is 4.85. The van der Waals surface area contributed by atoms with Gasteiger partial charge in [-0.2, -0.15) is 5.10 Å². The van der Waals surface area contributed by atoms with Crippen molar-refractivity contribution in [3.05, 3.63) is 68.2 Å². The Hall–Kier alpha value is -3.01. The zero-order valence-electron chi connectivity index (χ0n) is 18.9. The number of aromatic nitrogens is 4. The molecule has 3 aromatic heterocycles. The van der Waals surface area contributed by atoms with E-state index in [4.69, 9.17) is 11.6 Å². The van der Waals surface area contributed by atoms with Crippen molar-refractivity contribution in [2.45, 2.75) is 20.3 Å². The van der Waals surface area contributed by atoms with Crippen LogP contribution in [0.25, 0.3) is 21.9 Å². The van der Waals surface area contributed by atoms with Crippen LogP contribution in [0, 0.1) is 13.8 Å². The Bertz CT molecular complexity index is 1390. The first-order valence-electron chi connectivity index (χ1n) is 10.5. The number of hydrogen-bond acceptors (Lipinski definition) is 6. The van der Waals surface area contributed by atoms with Gasteiger partial charge in [-0.3, -0.25) is 14.0 Å². The summed E-state index contributed by atoms with van der Waals surface area (Å²) in [5, 5.41) is 9.99. The van der Waals surface area contributed by atoms with Crippen LogP contribution in [0.15, 0.2) is 40.5 Å². The number of nitrogens with one attached hydrogen (secondary N) is 1. The number of likely N-dealkylation sites (N-methyl/N-ethyl adjacent to an activating group) is 1. The van der Waals surface area contributed by atoms with E-state index in [9.17, 15) is 9.59 Å². The fourth-order valence-electron chi connectivity index (χ4n) is 3.64. The van der Waals surface area contributed by atoms with Crippen LogP contribution >= 0.6 is 22.9 Å². The van der Waals surface area contributed by atoms with E-state index in [0.29, 0.717) is 39.2 Å². The summed E-state index contributed by atoms with van der Waals surface area (Å²) in [5.41, 5.74) is 3.60. The number of thiazole rings is 1. The van der Waals surface area contributed by atoms with Crippen molar-refractivity contribution >= 4 is 33.8 Å². The lowest BCUT2D eigenvalue weighted by Crippen LogP contribution is -2.33. The molecule has 0 aliphatic carbocycles. The van der Waals surface area contributed by atoms with Crippen LogP contribution in [0.2, 0.25) is 5.02 Å². The lowest BCUT2D eigenvalue weighted by Gasteiger charge is -2.10. The number of carbonyl (C=O) groups is 1. The molecule has 8 nitrogen and oxygen atoms in total. The van der Waals surface area contributed by atoms with Crippen LogP contribution < -0.4 is 10.9 Å². The lowest BCUT2D eigenvalue weighted by molar-refractivity contribution is -0.120. The normalized spacial score (nSPS) is 11.5. The number of halogens is 1. The Balaban J connectivity index is 1.71. The molecule has 10 heteroatoms. The van der Waals surface area contributed by atoms with Gasteiger partial charge in [0.05, 0.1) is 23.4 Å². The summed E-state index contributed by atoms with van der Waals surface area (Å²) in [7, 11) is 3.89. The predicted molar refractivity (Wildman–Crippen MR) is 132 cm³/mol. The van der Waals surface area contributed by atoms with Gasteiger partial charge in [-0.25, -0.2) is 9.67 Å². The molecule has 1 amide bonds. The first-order valence-corrected chi connectivity index (χ1v) is 11.7. The fourth-order valence-corrected chi connectivity index (χ4v) is 4.75. The molecule has 0 atom stereocenters. The summed E-state index contributed by atoms with van der Waals surface area (Å²) in [6.07, 6.45) is 0.105. The van der Waals surface area contributed by atoms with E-state index in [1.54, 1.807) is 17.7 Å². The number of benzene rings is 1. The second kappa shape index (κ2) is 9.46. The third-order valence-corrected chi connectivity index (χ3v) is 6.35. The van der Waals surface area contributed by atoms with Crippen molar-refractivity contribution in [3.8, 4) is 16.9 Å². The number of fused-ring (bicyclic) bond motifs is 1. The summed E-state index contributed by atoms with van der Waals surface area (Å²) >= 11 is 7.49. The minimum Gasteiger partial charge on any atom is -0.354 e. The van der Waals surface area contributed by atoms with Gasteiger partial charge >= 0.3 is 0 Å². The van der Waals surface area contributed by atoms with Crippen LogP contribution in [0.4, 0.5) is 0 Å². The molecule has 33 heavy (non-hydrogen) atoms. The van der Waals surface area contributed by atoms with E-state index in [-0.39, 0.29) is 17.9 Å². The number of aryl methyl sites for hydroxylation is 2. The van der Waals surface area contributed by atoms with E-state index in [1.165, 1.54) is 15.7 Å². The zero-order chi connectivity index (χ0) is 23.7. The molecule has 0 spiro atoms. The van der Waals surface area contributed by atoms with Crippen molar-refractivity contribution in [1.29, 1.82) is 0 Å². The average Bonchev–Trinajstić information content (AvgIpc) is 3.31. The Morgan fingerprint density at radius 3 is 2.76 bits per heavy atom. The van der Waals surface area contributed by atoms with Gasteiger partial charge < -0.3 is 10.2 Å². The second-order valence-corrected chi connectivity index (χ2v) is 9.39. The maximum Gasteiger partial charge on any atom is 0.268 e. The molecular formula is C23H25ClN6O2S. The lowest BCUT2D eigenvalue weighted by atomic mass is 10.1. The first-order chi connectivity index (χ1) is 15.7. The number of carbonyl (C=O) groups excluding carboxylic acids is 1. The number of nitrogens with zero attached hydrogens (tertiary/aromatic N) is 5. The Kier molecular flexibility index (Phi) is 6.64. The van der Waals surface area contributed by atoms with Crippen LogP contribution in [-0.2, 0) is 11.2 Å². The van der Waals surface area contributed by atoms with Crippen LogP contribution in [0.5, 0.6) is 0 Å². The van der Waals surface area contributed by atoms with Crippen molar-refractivity contribution in [3.63, 3.8) is 0 Å². The fraction of sp³-hybridized carbons (Fsp3) is 0.304. The molecule has 0 aliphatic heterocycles. The topological polar surface area (TPSA) is 84.5 Å². The first kappa shape index (κ1) is 23.2. The van der Waals surface area contributed by atoms with Gasteiger partial charge in [0.2, 0.25) is 5.91 Å². The smallest absolute Gasteiger partial charge is 0.268 e.